The molecule has 0 aliphatic heterocycles. The molecule has 0 bridgehead atoms. The molecule has 0 fully saturated rings. The number of carboxylic acids is 1. The Morgan fingerprint density at radius 2 is 2.04 bits per heavy atom. The van der Waals surface area contributed by atoms with Crippen molar-refractivity contribution in [2.75, 3.05) is 0 Å². The third kappa shape index (κ3) is 4.52. The fraction of sp³-hybridized carbons (Fsp3) is 0.176. The van der Waals surface area contributed by atoms with Crippen LogP contribution in [0.5, 0.6) is 5.75 Å². The summed E-state index contributed by atoms with van der Waals surface area (Å²) in [5.41, 5.74) is 0.356. The molecule has 0 aliphatic carbocycles. The lowest BCUT2D eigenvalue weighted by molar-refractivity contribution is -0.131. The van der Waals surface area contributed by atoms with Gasteiger partial charge in [-0.15, -0.1) is 0 Å². The largest absolute Gasteiger partial charge is 0.489 e. The second-order valence-corrected chi connectivity index (χ2v) is 5.05. The molecule has 1 aromatic carbocycles. The Morgan fingerprint density at radius 3 is 2.67 bits per heavy atom. The Balaban J connectivity index is 2.12. The Labute approximate surface area is 136 Å². The maximum atomic E-state index is 13.5. The predicted molar refractivity (Wildman–Crippen MR) is 82.9 cm³/mol. The molecule has 126 valence electrons. The number of aliphatic carboxylic acids is 1. The van der Waals surface area contributed by atoms with Gasteiger partial charge in [-0.2, -0.15) is 0 Å². The van der Waals surface area contributed by atoms with Crippen LogP contribution in [0.1, 0.15) is 11.3 Å². The van der Waals surface area contributed by atoms with Crippen LogP contribution in [0, 0.1) is 18.6 Å². The van der Waals surface area contributed by atoms with Crippen molar-refractivity contribution in [1.82, 2.24) is 4.57 Å². The van der Waals surface area contributed by atoms with E-state index in [2.05, 4.69) is 0 Å². The van der Waals surface area contributed by atoms with E-state index in [-0.39, 0.29) is 30.0 Å². The van der Waals surface area contributed by atoms with Crippen molar-refractivity contribution in [3.8, 4) is 5.75 Å². The quantitative estimate of drug-likeness (QED) is 0.824. The van der Waals surface area contributed by atoms with E-state index in [0.29, 0.717) is 5.69 Å². The highest BCUT2D eigenvalue weighted by Gasteiger charge is 2.07. The maximum absolute atomic E-state index is 13.5. The van der Waals surface area contributed by atoms with Gasteiger partial charge < -0.3 is 14.4 Å². The zero-order valence-corrected chi connectivity index (χ0v) is 12.8. The maximum Gasteiger partial charge on any atom is 0.328 e. The molecule has 0 atom stereocenters. The van der Waals surface area contributed by atoms with Crippen LogP contribution in [0.25, 0.3) is 0 Å². The van der Waals surface area contributed by atoms with Crippen LogP contribution in [0.15, 0.2) is 47.3 Å². The highest BCUT2D eigenvalue weighted by Crippen LogP contribution is 2.15. The standard InChI is InChI=1S/C17H15F2NO4/c1-11-7-14(9-16(21)20(11)6-2-3-17(22)23)24-10-12-4-5-13(18)8-15(12)19/h2-5,7-9H,6,10H2,1H3,(H,22,23). The Bertz CT molecular complexity index is 843. The monoisotopic (exact) mass is 335 g/mol. The van der Waals surface area contributed by atoms with Crippen LogP contribution in [0.4, 0.5) is 8.78 Å². The highest BCUT2D eigenvalue weighted by molar-refractivity contribution is 5.79. The second-order valence-electron chi connectivity index (χ2n) is 5.05. The predicted octanol–water partition coefficient (Wildman–Crippen LogP) is 2.65. The number of carboxylic acid groups (broad SMARTS) is 1. The summed E-state index contributed by atoms with van der Waals surface area (Å²) >= 11 is 0. The van der Waals surface area contributed by atoms with Gasteiger partial charge in [0, 0.05) is 36.0 Å². The molecule has 2 aromatic rings. The number of allylic oxidation sites excluding steroid dienone is 1. The number of ether oxygens (including phenoxy) is 1. The van der Waals surface area contributed by atoms with Gasteiger partial charge in [0.05, 0.1) is 0 Å². The van der Waals surface area contributed by atoms with Crippen molar-refractivity contribution in [2.45, 2.75) is 20.1 Å². The second kappa shape index (κ2) is 7.54. The minimum absolute atomic E-state index is 0.115. The molecule has 0 saturated carbocycles. The number of hydrogen-bond acceptors (Lipinski definition) is 3. The molecule has 5 nitrogen and oxygen atoms in total. The summed E-state index contributed by atoms with van der Waals surface area (Å²) in [6.07, 6.45) is 2.30. The first-order valence-electron chi connectivity index (χ1n) is 7.04. The number of aromatic nitrogens is 1. The molecule has 0 spiro atoms. The van der Waals surface area contributed by atoms with Gasteiger partial charge in [0.25, 0.3) is 5.56 Å². The summed E-state index contributed by atoms with van der Waals surface area (Å²) in [7, 11) is 0. The molecule has 7 heteroatoms. The smallest absolute Gasteiger partial charge is 0.328 e. The molecule has 1 aromatic heterocycles. The molecule has 0 aliphatic rings. The van der Waals surface area contributed by atoms with Gasteiger partial charge in [0.15, 0.2) is 0 Å². The third-order valence-electron chi connectivity index (χ3n) is 3.27. The van der Waals surface area contributed by atoms with E-state index in [1.165, 1.54) is 22.8 Å². The fourth-order valence-corrected chi connectivity index (χ4v) is 2.07. The first-order valence-corrected chi connectivity index (χ1v) is 7.04. The number of hydrogen-bond donors (Lipinski definition) is 1. The van der Waals surface area contributed by atoms with Gasteiger partial charge in [-0.3, -0.25) is 4.79 Å². The molecular weight excluding hydrogens is 320 g/mol. The van der Waals surface area contributed by atoms with Crippen molar-refractivity contribution < 1.29 is 23.4 Å². The van der Waals surface area contributed by atoms with Gasteiger partial charge in [0.2, 0.25) is 0 Å². The van der Waals surface area contributed by atoms with Crippen LogP contribution >= 0.6 is 0 Å². The molecule has 1 N–H and O–H groups in total. The van der Waals surface area contributed by atoms with Gasteiger partial charge >= 0.3 is 5.97 Å². The molecule has 0 unspecified atom stereocenters. The summed E-state index contributed by atoms with van der Waals surface area (Å²) in [6.45, 7) is 1.64. The highest BCUT2D eigenvalue weighted by atomic mass is 19.1. The Hall–Kier alpha value is -2.96. The van der Waals surface area contributed by atoms with Gasteiger partial charge in [0.1, 0.15) is 24.0 Å². The summed E-state index contributed by atoms with van der Waals surface area (Å²) in [6, 6.07) is 5.96. The lowest BCUT2D eigenvalue weighted by Crippen LogP contribution is -2.21. The van der Waals surface area contributed by atoms with E-state index in [0.717, 1.165) is 18.2 Å². The lowest BCUT2D eigenvalue weighted by atomic mass is 10.2. The number of halogens is 2. The van der Waals surface area contributed by atoms with Crippen molar-refractivity contribution >= 4 is 5.97 Å². The normalized spacial score (nSPS) is 11.0. The lowest BCUT2D eigenvalue weighted by Gasteiger charge is -2.11. The van der Waals surface area contributed by atoms with Crippen LogP contribution in [0.2, 0.25) is 0 Å². The van der Waals surface area contributed by atoms with Crippen LogP contribution in [-0.2, 0) is 17.9 Å². The van der Waals surface area contributed by atoms with E-state index in [9.17, 15) is 18.4 Å². The van der Waals surface area contributed by atoms with Crippen LogP contribution in [0.3, 0.4) is 0 Å². The topological polar surface area (TPSA) is 68.5 Å². The molecule has 2 rings (SSSR count). The molecule has 0 radical (unpaired) electrons. The minimum atomic E-state index is -1.10. The summed E-state index contributed by atoms with van der Waals surface area (Å²) in [5, 5.41) is 8.54. The first-order chi connectivity index (χ1) is 11.4. The number of benzene rings is 1. The van der Waals surface area contributed by atoms with Crippen LogP contribution in [-0.4, -0.2) is 15.6 Å². The number of aryl methyl sites for hydroxylation is 1. The van der Waals surface area contributed by atoms with Crippen molar-refractivity contribution in [3.05, 3.63) is 75.7 Å². The van der Waals surface area contributed by atoms with Crippen molar-refractivity contribution in [2.24, 2.45) is 0 Å². The average Bonchev–Trinajstić information content (AvgIpc) is 2.49. The minimum Gasteiger partial charge on any atom is -0.489 e. The molecule has 24 heavy (non-hydrogen) atoms. The van der Waals surface area contributed by atoms with E-state index < -0.39 is 17.6 Å². The SMILES string of the molecule is Cc1cc(OCc2ccc(F)cc2F)cc(=O)n1CC=CC(=O)O. The van der Waals surface area contributed by atoms with E-state index in [4.69, 9.17) is 9.84 Å². The van der Waals surface area contributed by atoms with Crippen LogP contribution < -0.4 is 10.3 Å². The molecule has 0 amide bonds. The number of nitrogens with zero attached hydrogens (tertiary/aromatic N) is 1. The Morgan fingerprint density at radius 1 is 1.29 bits per heavy atom. The van der Waals surface area contributed by atoms with Crippen molar-refractivity contribution in [3.63, 3.8) is 0 Å². The number of rotatable bonds is 6. The Kier molecular flexibility index (Phi) is 5.47. The zero-order valence-electron chi connectivity index (χ0n) is 12.8. The van der Waals surface area contributed by atoms with Gasteiger partial charge in [-0.1, -0.05) is 6.08 Å². The van der Waals surface area contributed by atoms with Crippen molar-refractivity contribution in [1.29, 1.82) is 0 Å². The third-order valence-corrected chi connectivity index (χ3v) is 3.27. The van der Waals surface area contributed by atoms with Gasteiger partial charge in [-0.25, -0.2) is 13.6 Å². The zero-order chi connectivity index (χ0) is 17.7. The van der Waals surface area contributed by atoms with E-state index in [1.54, 1.807) is 13.0 Å². The molecular formula is C17H15F2NO4. The molecule has 1 heterocycles. The summed E-state index contributed by atoms with van der Waals surface area (Å²) < 4.78 is 33.1. The summed E-state index contributed by atoms with van der Waals surface area (Å²) in [5.74, 6) is -2.25. The van der Waals surface area contributed by atoms with E-state index in [1.807, 2.05) is 0 Å². The first kappa shape index (κ1) is 17.4. The molecule has 0 saturated heterocycles. The van der Waals surface area contributed by atoms with Gasteiger partial charge in [-0.05, 0) is 25.1 Å². The fourth-order valence-electron chi connectivity index (χ4n) is 2.07. The summed E-state index contributed by atoms with van der Waals surface area (Å²) in [4.78, 5) is 22.5. The van der Waals surface area contributed by atoms with E-state index >= 15 is 0 Å². The number of pyridine rings is 1. The average molecular weight is 335 g/mol. The number of carbonyl (C=O) groups is 1.